The predicted molar refractivity (Wildman–Crippen MR) is 134 cm³/mol. The first-order valence-corrected chi connectivity index (χ1v) is 12.5. The summed E-state index contributed by atoms with van der Waals surface area (Å²) in [6.07, 6.45) is 0. The molecule has 0 atom stereocenters. The molecule has 8 nitrogen and oxygen atoms in total. The van der Waals surface area contributed by atoms with Gasteiger partial charge < -0.3 is 14.0 Å². The van der Waals surface area contributed by atoms with Crippen LogP contribution in [-0.2, 0) is 26.0 Å². The molecular weight excluding hydrogens is 468 g/mol. The van der Waals surface area contributed by atoms with E-state index in [1.807, 2.05) is 25.3 Å². The van der Waals surface area contributed by atoms with Gasteiger partial charge in [-0.15, -0.1) is 0 Å². The summed E-state index contributed by atoms with van der Waals surface area (Å²) < 4.78 is 39.2. The largest absolute Gasteiger partial charge is 0.454 e. The molecule has 3 aromatic rings. The predicted octanol–water partition coefficient (Wildman–Crippen LogP) is 3.92. The molecule has 0 unspecified atom stereocenters. The van der Waals surface area contributed by atoms with Crippen molar-refractivity contribution in [2.45, 2.75) is 32.2 Å². The van der Waals surface area contributed by atoms with Gasteiger partial charge in [-0.3, -0.25) is 9.10 Å². The van der Waals surface area contributed by atoms with Crippen LogP contribution in [0.4, 0.5) is 5.69 Å². The van der Waals surface area contributed by atoms with E-state index in [1.54, 1.807) is 37.4 Å². The Morgan fingerprint density at radius 1 is 0.971 bits per heavy atom. The van der Waals surface area contributed by atoms with Crippen molar-refractivity contribution >= 4 is 27.5 Å². The lowest BCUT2D eigenvalue weighted by atomic mass is 10.1. The Labute approximate surface area is 206 Å². The molecule has 0 bridgehead atoms. The summed E-state index contributed by atoms with van der Waals surface area (Å²) in [5.74, 6) is -0.960. The monoisotopic (exact) mass is 498 g/mol. The molecule has 3 rings (SSSR count). The van der Waals surface area contributed by atoms with Gasteiger partial charge >= 0.3 is 5.97 Å². The number of sulfonamides is 1. The average Bonchev–Trinajstić information content (AvgIpc) is 3.13. The zero-order chi connectivity index (χ0) is 25.8. The number of aromatic nitrogens is 1. The highest BCUT2D eigenvalue weighted by Gasteiger charge is 2.22. The van der Waals surface area contributed by atoms with Crippen LogP contribution in [0.5, 0.6) is 0 Å². The van der Waals surface area contributed by atoms with Crippen molar-refractivity contribution in [3.05, 3.63) is 82.7 Å². The summed E-state index contributed by atoms with van der Waals surface area (Å²) in [5, 5.41) is 0. The van der Waals surface area contributed by atoms with Gasteiger partial charge in [0.15, 0.2) is 6.61 Å². The number of methoxy groups -OCH3 is 1. The molecule has 35 heavy (non-hydrogen) atoms. The Morgan fingerprint density at radius 2 is 1.60 bits per heavy atom. The number of aryl methyl sites for hydroxylation is 2. The van der Waals surface area contributed by atoms with Crippen molar-refractivity contribution in [3.8, 4) is 0 Å². The quantitative estimate of drug-likeness (QED) is 0.311. The number of esters is 1. The van der Waals surface area contributed by atoms with E-state index in [0.717, 1.165) is 21.3 Å². The van der Waals surface area contributed by atoms with Crippen molar-refractivity contribution in [1.82, 2.24) is 4.57 Å². The summed E-state index contributed by atoms with van der Waals surface area (Å²) in [7, 11) is -0.676. The fraction of sp³-hybridized carbons (Fsp3) is 0.308. The molecule has 0 fully saturated rings. The number of hydrogen-bond acceptors (Lipinski definition) is 6. The van der Waals surface area contributed by atoms with Gasteiger partial charge in [0.25, 0.3) is 10.0 Å². The maximum atomic E-state index is 12.9. The lowest BCUT2D eigenvalue weighted by molar-refractivity contribution is 0.0474. The highest BCUT2D eigenvalue weighted by Crippen LogP contribution is 2.23. The molecule has 9 heteroatoms. The number of ketones is 1. The molecule has 0 spiro atoms. The van der Waals surface area contributed by atoms with Gasteiger partial charge in [-0.2, -0.15) is 0 Å². The zero-order valence-electron chi connectivity index (χ0n) is 20.6. The van der Waals surface area contributed by atoms with Crippen LogP contribution in [0.3, 0.4) is 0 Å². The van der Waals surface area contributed by atoms with Gasteiger partial charge in [0.2, 0.25) is 5.78 Å². The fourth-order valence-electron chi connectivity index (χ4n) is 3.72. The molecule has 0 saturated carbocycles. The van der Waals surface area contributed by atoms with E-state index in [-0.39, 0.29) is 16.2 Å². The molecule has 0 aliphatic heterocycles. The van der Waals surface area contributed by atoms with Crippen LogP contribution < -0.4 is 4.31 Å². The minimum Gasteiger partial charge on any atom is -0.454 e. The summed E-state index contributed by atoms with van der Waals surface area (Å²) in [6, 6.07) is 14.3. The fourth-order valence-corrected chi connectivity index (χ4v) is 4.91. The molecule has 0 saturated heterocycles. The second-order valence-electron chi connectivity index (χ2n) is 8.26. The van der Waals surface area contributed by atoms with Crippen LogP contribution in [0.2, 0.25) is 0 Å². The first kappa shape index (κ1) is 26.2. The molecule has 0 aliphatic carbocycles. The minimum absolute atomic E-state index is 0.175. The van der Waals surface area contributed by atoms with E-state index in [9.17, 15) is 18.0 Å². The van der Waals surface area contributed by atoms with E-state index in [4.69, 9.17) is 9.47 Å². The van der Waals surface area contributed by atoms with Gasteiger partial charge in [-0.25, -0.2) is 13.2 Å². The second kappa shape index (κ2) is 10.9. The zero-order valence-corrected chi connectivity index (χ0v) is 21.4. The number of anilines is 1. The van der Waals surface area contributed by atoms with Gasteiger partial charge in [0.1, 0.15) is 0 Å². The standard InChI is InChI=1S/C26H30N2O6S/c1-18-6-12-23(13-7-18)35(31,32)27(4)22-10-8-21(9-11-22)26(30)34-17-25(29)24-16-19(2)28(20(24)3)14-15-33-5/h6-13,16H,14-15,17H2,1-5H3. The first-order valence-electron chi connectivity index (χ1n) is 11.1. The lowest BCUT2D eigenvalue weighted by Gasteiger charge is -2.19. The van der Waals surface area contributed by atoms with Crippen molar-refractivity contribution in [3.63, 3.8) is 0 Å². The third-order valence-electron chi connectivity index (χ3n) is 5.87. The molecular formula is C26H30N2O6S. The summed E-state index contributed by atoms with van der Waals surface area (Å²) in [4.78, 5) is 25.3. The summed E-state index contributed by atoms with van der Waals surface area (Å²) in [5.41, 5.74) is 3.79. The van der Waals surface area contributed by atoms with Crippen molar-refractivity contribution in [2.24, 2.45) is 0 Å². The smallest absolute Gasteiger partial charge is 0.338 e. The van der Waals surface area contributed by atoms with Gasteiger partial charge in [0.05, 0.1) is 22.8 Å². The van der Waals surface area contributed by atoms with E-state index in [2.05, 4.69) is 0 Å². The van der Waals surface area contributed by atoms with Crippen molar-refractivity contribution in [2.75, 3.05) is 31.7 Å². The number of nitrogens with zero attached hydrogens (tertiary/aromatic N) is 2. The van der Waals surface area contributed by atoms with Gasteiger partial charge in [-0.05, 0) is 63.2 Å². The van der Waals surface area contributed by atoms with Crippen LogP contribution in [0, 0.1) is 20.8 Å². The number of rotatable bonds is 10. The Bertz CT molecular complexity index is 1310. The Balaban J connectivity index is 1.65. The molecule has 0 N–H and O–H groups in total. The van der Waals surface area contributed by atoms with E-state index >= 15 is 0 Å². The lowest BCUT2D eigenvalue weighted by Crippen LogP contribution is -2.26. The Hall–Kier alpha value is -3.43. The first-order chi connectivity index (χ1) is 16.6. The maximum Gasteiger partial charge on any atom is 0.338 e. The molecule has 0 radical (unpaired) electrons. The normalized spacial score (nSPS) is 11.3. The average molecular weight is 499 g/mol. The number of hydrogen-bond donors (Lipinski definition) is 0. The van der Waals surface area contributed by atoms with Crippen LogP contribution in [0.1, 0.15) is 37.7 Å². The molecule has 2 aromatic carbocycles. The molecule has 1 aromatic heterocycles. The van der Waals surface area contributed by atoms with Gasteiger partial charge in [0, 0.05) is 37.7 Å². The van der Waals surface area contributed by atoms with Crippen molar-refractivity contribution < 1.29 is 27.5 Å². The number of benzene rings is 2. The van der Waals surface area contributed by atoms with Crippen LogP contribution in [-0.4, -0.2) is 52.1 Å². The highest BCUT2D eigenvalue weighted by molar-refractivity contribution is 7.92. The molecule has 0 aliphatic rings. The summed E-state index contributed by atoms with van der Waals surface area (Å²) in [6.45, 7) is 6.39. The third-order valence-corrected chi connectivity index (χ3v) is 7.67. The van der Waals surface area contributed by atoms with E-state index in [0.29, 0.717) is 24.4 Å². The molecule has 0 amide bonds. The Morgan fingerprint density at radius 3 is 2.20 bits per heavy atom. The molecule has 186 valence electrons. The topological polar surface area (TPSA) is 94.9 Å². The molecule has 1 heterocycles. The number of Topliss-reactive ketones (excluding diaryl/α,β-unsaturated/α-hetero) is 1. The third kappa shape index (κ3) is 5.80. The number of carbonyl (C=O) groups is 2. The maximum absolute atomic E-state index is 12.9. The van der Waals surface area contributed by atoms with E-state index < -0.39 is 22.6 Å². The Kier molecular flexibility index (Phi) is 8.14. The van der Waals surface area contributed by atoms with Crippen molar-refractivity contribution in [1.29, 1.82) is 0 Å². The second-order valence-corrected chi connectivity index (χ2v) is 10.2. The highest BCUT2D eigenvalue weighted by atomic mass is 32.2. The van der Waals surface area contributed by atoms with Crippen LogP contribution >= 0.6 is 0 Å². The van der Waals surface area contributed by atoms with Crippen LogP contribution in [0.25, 0.3) is 0 Å². The summed E-state index contributed by atoms with van der Waals surface area (Å²) >= 11 is 0. The van der Waals surface area contributed by atoms with Crippen LogP contribution in [0.15, 0.2) is 59.5 Å². The van der Waals surface area contributed by atoms with Gasteiger partial charge in [-0.1, -0.05) is 17.7 Å². The minimum atomic E-state index is -3.74. The SMILES string of the molecule is COCCn1c(C)cc(C(=O)COC(=O)c2ccc(N(C)S(=O)(=O)c3ccc(C)cc3)cc2)c1C. The number of carbonyl (C=O) groups excluding carboxylic acids is 2. The van der Waals surface area contributed by atoms with E-state index in [1.165, 1.54) is 31.3 Å². The number of ether oxygens (including phenoxy) is 2.